The van der Waals surface area contributed by atoms with Gasteiger partial charge in [0.25, 0.3) is 11.8 Å². The fraction of sp³-hybridized carbons (Fsp3) is 0.720. The number of aliphatic imine (C=N–C) groups is 1. The summed E-state index contributed by atoms with van der Waals surface area (Å²) in [6, 6.07) is 0.757. The van der Waals surface area contributed by atoms with E-state index in [-0.39, 0.29) is 31.4 Å². The van der Waals surface area contributed by atoms with Gasteiger partial charge < -0.3 is 39.2 Å². The number of nitrogens with one attached hydrogen (secondary N) is 3. The van der Waals surface area contributed by atoms with Gasteiger partial charge in [-0.05, 0) is 73.4 Å². The molecule has 0 aliphatic heterocycles. The molecule has 14 nitrogen and oxygen atoms in total. The van der Waals surface area contributed by atoms with Crippen LogP contribution in [0.2, 0.25) is 0 Å². The molecule has 4 N–H and O–H groups in total. The number of carbonyl (C=O) groups excluding carboxylic acids is 3. The summed E-state index contributed by atoms with van der Waals surface area (Å²) >= 11 is 0. The van der Waals surface area contributed by atoms with Crippen molar-refractivity contribution in [1.82, 2.24) is 21.1 Å². The van der Waals surface area contributed by atoms with Crippen molar-refractivity contribution in [2.45, 2.75) is 97.2 Å². The third-order valence-corrected chi connectivity index (χ3v) is 4.85. The normalized spacial score (nSPS) is 14.2. The molecule has 0 spiro atoms. The number of carbonyl (C=O) groups is 3. The first-order valence-electron chi connectivity index (χ1n) is 12.5. The standard InChI is InChI=1S/C25H43N5O9/c1-23(2,3)38-21(33)28-20(29-22(34)39-24(4,5)6)26-13-10-11-16(27-19(32)25(7,8)35-9)17(31)15-36-18-12-14-37-30-18/h12,14,16-17,31H,10-11,13,15H2,1-9H3,(H,27,32)(H2,26,28,29,33,34). The van der Waals surface area contributed by atoms with Crippen molar-refractivity contribution in [3.63, 3.8) is 0 Å². The van der Waals surface area contributed by atoms with Gasteiger partial charge in [0.1, 0.15) is 35.8 Å². The molecule has 0 bridgehead atoms. The maximum atomic E-state index is 12.7. The number of hydrogen-bond donors (Lipinski definition) is 4. The number of methoxy groups -OCH3 is 1. The van der Waals surface area contributed by atoms with Crippen LogP contribution in [-0.2, 0) is 19.0 Å². The molecule has 0 fully saturated rings. The van der Waals surface area contributed by atoms with Crippen LogP contribution in [0.25, 0.3) is 0 Å². The maximum Gasteiger partial charge on any atom is 0.437 e. The van der Waals surface area contributed by atoms with E-state index in [9.17, 15) is 19.5 Å². The molecule has 0 saturated carbocycles. The Morgan fingerprint density at radius 3 is 2.26 bits per heavy atom. The van der Waals surface area contributed by atoms with Gasteiger partial charge in [-0.25, -0.2) is 9.59 Å². The minimum absolute atomic E-state index is 0.163. The Labute approximate surface area is 229 Å². The van der Waals surface area contributed by atoms with Crippen LogP contribution in [0.1, 0.15) is 68.2 Å². The Bertz CT molecular complexity index is 950. The summed E-state index contributed by atoms with van der Waals surface area (Å²) in [4.78, 5) is 41.0. The second-order valence-corrected chi connectivity index (χ2v) is 11.1. The topological polar surface area (TPSA) is 183 Å². The van der Waals surface area contributed by atoms with Gasteiger partial charge in [-0.1, -0.05) is 0 Å². The monoisotopic (exact) mass is 557 g/mol. The molecule has 1 heterocycles. The Hall–Kier alpha value is -3.39. The lowest BCUT2D eigenvalue weighted by Gasteiger charge is -2.29. The smallest absolute Gasteiger partial charge is 0.437 e. The molecule has 1 rings (SSSR count). The highest BCUT2D eigenvalue weighted by molar-refractivity contribution is 5.98. The fourth-order valence-corrected chi connectivity index (χ4v) is 2.78. The number of hydrogen-bond acceptors (Lipinski definition) is 10. The minimum atomic E-state index is -1.13. The summed E-state index contributed by atoms with van der Waals surface area (Å²) in [6.07, 6.45) is -0.835. The van der Waals surface area contributed by atoms with E-state index in [0.29, 0.717) is 6.42 Å². The van der Waals surface area contributed by atoms with Crippen molar-refractivity contribution in [3.8, 4) is 5.88 Å². The molecule has 1 aromatic rings. The molecule has 3 amide bonds. The first kappa shape index (κ1) is 33.6. The third-order valence-electron chi connectivity index (χ3n) is 4.85. The van der Waals surface area contributed by atoms with Crippen molar-refractivity contribution in [3.05, 3.63) is 12.3 Å². The molecule has 0 radical (unpaired) electrons. The SMILES string of the molecule is COC(C)(C)C(=O)NC(CCCNC(=NC(=O)OC(C)(C)C)NC(=O)OC(C)(C)C)C(O)COc1ccon1. The number of alkyl carbamates (subject to hydrolysis) is 1. The number of aliphatic hydroxyl groups excluding tert-OH is 1. The van der Waals surface area contributed by atoms with Crippen LogP contribution in [-0.4, -0.2) is 83.5 Å². The number of aliphatic hydroxyl groups is 1. The first-order valence-corrected chi connectivity index (χ1v) is 12.5. The van der Waals surface area contributed by atoms with E-state index in [1.54, 1.807) is 55.4 Å². The van der Waals surface area contributed by atoms with Crippen molar-refractivity contribution < 1.29 is 43.0 Å². The Morgan fingerprint density at radius 2 is 1.72 bits per heavy atom. The molecule has 39 heavy (non-hydrogen) atoms. The molecule has 0 aliphatic rings. The van der Waals surface area contributed by atoms with Gasteiger partial charge in [0.05, 0.1) is 6.04 Å². The predicted molar refractivity (Wildman–Crippen MR) is 141 cm³/mol. The van der Waals surface area contributed by atoms with Gasteiger partial charge >= 0.3 is 12.2 Å². The zero-order chi connectivity index (χ0) is 29.9. The number of nitrogens with zero attached hydrogens (tertiary/aromatic N) is 2. The van der Waals surface area contributed by atoms with Crippen LogP contribution in [0.3, 0.4) is 0 Å². The zero-order valence-electron chi connectivity index (χ0n) is 24.2. The van der Waals surface area contributed by atoms with Gasteiger partial charge in [0, 0.05) is 19.7 Å². The highest BCUT2D eigenvalue weighted by Gasteiger charge is 2.31. The van der Waals surface area contributed by atoms with Crippen LogP contribution in [0.15, 0.2) is 21.8 Å². The Kier molecular flexibility index (Phi) is 12.7. The summed E-state index contributed by atoms with van der Waals surface area (Å²) in [5.41, 5.74) is -2.69. The Balaban J connectivity index is 2.88. The quantitative estimate of drug-likeness (QED) is 0.178. The number of amides is 3. The van der Waals surface area contributed by atoms with Gasteiger partial charge in [-0.2, -0.15) is 0 Å². The molecule has 14 heteroatoms. The zero-order valence-corrected chi connectivity index (χ0v) is 24.2. The van der Waals surface area contributed by atoms with Gasteiger partial charge in [0.2, 0.25) is 5.96 Å². The lowest BCUT2D eigenvalue weighted by molar-refractivity contribution is -0.141. The van der Waals surface area contributed by atoms with E-state index >= 15 is 0 Å². The number of rotatable bonds is 11. The van der Waals surface area contributed by atoms with Gasteiger partial charge in [0.15, 0.2) is 0 Å². The minimum Gasteiger partial charge on any atom is -0.473 e. The van der Waals surface area contributed by atoms with Crippen LogP contribution >= 0.6 is 0 Å². The van der Waals surface area contributed by atoms with E-state index in [1.807, 2.05) is 0 Å². The molecule has 0 aromatic carbocycles. The average molecular weight is 558 g/mol. The summed E-state index contributed by atoms with van der Waals surface area (Å²) in [7, 11) is 1.41. The highest BCUT2D eigenvalue weighted by Crippen LogP contribution is 2.13. The second-order valence-electron chi connectivity index (χ2n) is 11.1. The fourth-order valence-electron chi connectivity index (χ4n) is 2.78. The summed E-state index contributed by atoms with van der Waals surface area (Å²) < 4.78 is 25.8. The summed E-state index contributed by atoms with van der Waals surface area (Å²) in [6.45, 7) is 13.4. The molecule has 2 atom stereocenters. The lowest BCUT2D eigenvalue weighted by atomic mass is 10.0. The highest BCUT2D eigenvalue weighted by atomic mass is 16.6. The van der Waals surface area contributed by atoms with Crippen LogP contribution in [0, 0.1) is 0 Å². The third kappa shape index (κ3) is 14.4. The predicted octanol–water partition coefficient (Wildman–Crippen LogP) is 2.51. The van der Waals surface area contributed by atoms with Crippen molar-refractivity contribution in [2.24, 2.45) is 4.99 Å². The largest absolute Gasteiger partial charge is 0.473 e. The van der Waals surface area contributed by atoms with E-state index in [1.165, 1.54) is 19.4 Å². The average Bonchev–Trinajstić information content (AvgIpc) is 3.30. The molecule has 1 aromatic heterocycles. The van der Waals surface area contributed by atoms with Crippen LogP contribution < -0.4 is 20.7 Å². The van der Waals surface area contributed by atoms with E-state index in [0.717, 1.165) is 0 Å². The lowest BCUT2D eigenvalue weighted by Crippen LogP contribution is -2.53. The number of ether oxygens (including phenoxy) is 4. The van der Waals surface area contributed by atoms with Crippen molar-refractivity contribution in [2.75, 3.05) is 20.3 Å². The molecule has 0 aliphatic carbocycles. The van der Waals surface area contributed by atoms with E-state index in [2.05, 4.69) is 26.1 Å². The van der Waals surface area contributed by atoms with E-state index < -0.39 is 47.0 Å². The van der Waals surface area contributed by atoms with Crippen LogP contribution in [0.5, 0.6) is 5.88 Å². The molecular formula is C25H43N5O9. The molecular weight excluding hydrogens is 514 g/mol. The van der Waals surface area contributed by atoms with Crippen LogP contribution in [0.4, 0.5) is 9.59 Å². The van der Waals surface area contributed by atoms with Crippen molar-refractivity contribution >= 4 is 24.1 Å². The Morgan fingerprint density at radius 1 is 1.08 bits per heavy atom. The molecule has 0 saturated heterocycles. The summed E-state index contributed by atoms with van der Waals surface area (Å²) in [5.74, 6) is -0.411. The maximum absolute atomic E-state index is 12.7. The van der Waals surface area contributed by atoms with Crippen molar-refractivity contribution in [1.29, 1.82) is 0 Å². The molecule has 2 unspecified atom stereocenters. The van der Waals surface area contributed by atoms with Gasteiger partial charge in [-0.15, -0.1) is 4.99 Å². The molecule has 222 valence electrons. The number of aromatic nitrogens is 1. The van der Waals surface area contributed by atoms with E-state index in [4.69, 9.17) is 23.5 Å². The first-order chi connectivity index (χ1) is 17.9. The van der Waals surface area contributed by atoms with Gasteiger partial charge in [-0.3, -0.25) is 10.1 Å². The summed E-state index contributed by atoms with van der Waals surface area (Å²) in [5, 5.41) is 22.4. The number of guanidine groups is 1. The second kappa shape index (κ2) is 14.7.